The van der Waals surface area contributed by atoms with Crippen molar-refractivity contribution < 1.29 is 14.4 Å². The zero-order chi connectivity index (χ0) is 20.3. The number of benzene rings is 2. The van der Waals surface area contributed by atoms with E-state index in [2.05, 4.69) is 19.2 Å². The van der Waals surface area contributed by atoms with Gasteiger partial charge in [-0.1, -0.05) is 55.8 Å². The highest BCUT2D eigenvalue weighted by molar-refractivity contribution is 6.21. The van der Waals surface area contributed by atoms with Gasteiger partial charge in [0.05, 0.1) is 17.2 Å². The van der Waals surface area contributed by atoms with Gasteiger partial charge in [0.1, 0.15) is 0 Å². The zero-order valence-corrected chi connectivity index (χ0v) is 16.6. The largest absolute Gasteiger partial charge is 0.349 e. The van der Waals surface area contributed by atoms with Crippen LogP contribution in [0.4, 0.5) is 0 Å². The molecule has 0 saturated carbocycles. The second kappa shape index (κ2) is 8.38. The number of hydrogen-bond acceptors (Lipinski definition) is 3. The summed E-state index contributed by atoms with van der Waals surface area (Å²) >= 11 is 0. The van der Waals surface area contributed by atoms with Crippen LogP contribution in [0, 0.1) is 12.8 Å². The van der Waals surface area contributed by atoms with Crippen molar-refractivity contribution in [3.05, 3.63) is 70.8 Å². The van der Waals surface area contributed by atoms with Crippen LogP contribution in [-0.2, 0) is 4.79 Å². The number of nitrogens with one attached hydrogen (secondary N) is 1. The summed E-state index contributed by atoms with van der Waals surface area (Å²) in [5.74, 6) is -0.362. The van der Waals surface area contributed by atoms with Crippen LogP contribution >= 0.6 is 0 Å². The summed E-state index contributed by atoms with van der Waals surface area (Å²) in [4.78, 5) is 38.6. The van der Waals surface area contributed by atoms with Crippen LogP contribution in [0.1, 0.15) is 64.6 Å². The zero-order valence-electron chi connectivity index (χ0n) is 16.6. The molecule has 0 aliphatic carbocycles. The number of rotatable bonds is 7. The van der Waals surface area contributed by atoms with Crippen LogP contribution in [-0.4, -0.2) is 29.2 Å². The van der Waals surface area contributed by atoms with Crippen molar-refractivity contribution in [1.82, 2.24) is 10.2 Å². The minimum absolute atomic E-state index is 0.0593. The molecule has 1 heterocycles. The van der Waals surface area contributed by atoms with E-state index in [-0.39, 0.29) is 42.6 Å². The smallest absolute Gasteiger partial charge is 0.261 e. The molecule has 2 aromatic carbocycles. The Bertz CT molecular complexity index is 890. The average molecular weight is 378 g/mol. The summed E-state index contributed by atoms with van der Waals surface area (Å²) in [5, 5.41) is 3.08. The molecular formula is C23H26N2O3. The van der Waals surface area contributed by atoms with E-state index in [0.717, 1.165) is 11.1 Å². The first kappa shape index (κ1) is 19.8. The van der Waals surface area contributed by atoms with Crippen molar-refractivity contribution in [2.24, 2.45) is 5.92 Å². The van der Waals surface area contributed by atoms with E-state index in [1.54, 1.807) is 12.1 Å². The molecule has 0 spiro atoms. The highest BCUT2D eigenvalue weighted by atomic mass is 16.2. The van der Waals surface area contributed by atoms with Gasteiger partial charge in [-0.15, -0.1) is 0 Å². The van der Waals surface area contributed by atoms with Crippen LogP contribution in [0.15, 0.2) is 48.5 Å². The van der Waals surface area contributed by atoms with Gasteiger partial charge in [-0.2, -0.15) is 0 Å². The second-order valence-electron chi connectivity index (χ2n) is 7.61. The highest BCUT2D eigenvalue weighted by Gasteiger charge is 2.35. The predicted octanol–water partition coefficient (Wildman–Crippen LogP) is 3.88. The third-order valence-electron chi connectivity index (χ3n) is 5.05. The van der Waals surface area contributed by atoms with Gasteiger partial charge in [0.15, 0.2) is 0 Å². The number of carbonyl (C=O) groups excluding carboxylic acids is 3. The summed E-state index contributed by atoms with van der Waals surface area (Å²) in [6, 6.07) is 15.1. The molecule has 1 unspecified atom stereocenters. The Morgan fingerprint density at radius 3 is 2.36 bits per heavy atom. The van der Waals surface area contributed by atoms with Gasteiger partial charge in [0.2, 0.25) is 5.91 Å². The topological polar surface area (TPSA) is 66.5 Å². The van der Waals surface area contributed by atoms with E-state index in [4.69, 9.17) is 0 Å². The fourth-order valence-electron chi connectivity index (χ4n) is 3.55. The van der Waals surface area contributed by atoms with Crippen LogP contribution in [0.5, 0.6) is 0 Å². The number of carbonyl (C=O) groups is 3. The third-order valence-corrected chi connectivity index (χ3v) is 5.05. The number of amides is 3. The lowest BCUT2D eigenvalue weighted by Crippen LogP contribution is -2.34. The minimum atomic E-state index is -0.273. The molecular weight excluding hydrogens is 352 g/mol. The van der Waals surface area contributed by atoms with E-state index in [1.165, 1.54) is 4.90 Å². The van der Waals surface area contributed by atoms with Gasteiger partial charge < -0.3 is 5.32 Å². The van der Waals surface area contributed by atoms with Crippen molar-refractivity contribution in [2.75, 3.05) is 6.54 Å². The van der Waals surface area contributed by atoms with Crippen LogP contribution in [0.25, 0.3) is 0 Å². The van der Waals surface area contributed by atoms with Crippen LogP contribution < -0.4 is 5.32 Å². The molecule has 1 aliphatic heterocycles. The van der Waals surface area contributed by atoms with E-state index >= 15 is 0 Å². The Balaban J connectivity index is 1.56. The Kier molecular flexibility index (Phi) is 5.93. The molecule has 3 amide bonds. The van der Waals surface area contributed by atoms with Crippen molar-refractivity contribution in [3.8, 4) is 0 Å². The maximum atomic E-state index is 12.5. The standard InChI is InChI=1S/C23H26N2O3/c1-15(2)21(17-8-5-4-6-9-17)24-20(26)10-7-13-25-22(27)18-12-11-16(3)14-19(18)23(25)28/h4-6,8-9,11-12,14-15,21H,7,10,13H2,1-3H3,(H,24,26). The molecule has 0 saturated heterocycles. The van der Waals surface area contributed by atoms with Crippen LogP contribution in [0.3, 0.4) is 0 Å². The van der Waals surface area contributed by atoms with Gasteiger partial charge in [0, 0.05) is 13.0 Å². The first-order valence-electron chi connectivity index (χ1n) is 9.69. The number of imide groups is 1. The first-order chi connectivity index (χ1) is 13.4. The van der Waals surface area contributed by atoms with Crippen molar-refractivity contribution in [1.29, 1.82) is 0 Å². The number of aryl methyl sites for hydroxylation is 1. The van der Waals surface area contributed by atoms with Crippen molar-refractivity contribution in [2.45, 2.75) is 39.7 Å². The van der Waals surface area contributed by atoms with Crippen molar-refractivity contribution >= 4 is 17.7 Å². The summed E-state index contributed by atoms with van der Waals surface area (Å²) in [6.45, 7) is 6.27. The van der Waals surface area contributed by atoms with Gasteiger partial charge in [-0.25, -0.2) is 0 Å². The molecule has 5 nitrogen and oxygen atoms in total. The number of hydrogen-bond donors (Lipinski definition) is 1. The highest BCUT2D eigenvalue weighted by Crippen LogP contribution is 2.24. The quantitative estimate of drug-likeness (QED) is 0.744. The average Bonchev–Trinajstić information content (AvgIpc) is 2.90. The molecule has 5 heteroatoms. The Labute approximate surface area is 165 Å². The van der Waals surface area contributed by atoms with Gasteiger partial charge in [-0.3, -0.25) is 19.3 Å². The maximum Gasteiger partial charge on any atom is 0.261 e. The van der Waals surface area contributed by atoms with E-state index in [9.17, 15) is 14.4 Å². The lowest BCUT2D eigenvalue weighted by molar-refractivity contribution is -0.122. The number of fused-ring (bicyclic) bond motifs is 1. The molecule has 0 radical (unpaired) electrons. The normalized spacial score (nSPS) is 14.4. The molecule has 1 atom stereocenters. The number of nitrogens with zero attached hydrogens (tertiary/aromatic N) is 1. The van der Waals surface area contributed by atoms with E-state index in [0.29, 0.717) is 17.5 Å². The summed E-state index contributed by atoms with van der Waals surface area (Å²) in [6.07, 6.45) is 0.707. The predicted molar refractivity (Wildman–Crippen MR) is 108 cm³/mol. The molecule has 1 aliphatic rings. The molecule has 3 rings (SSSR count). The van der Waals surface area contributed by atoms with Crippen LogP contribution in [0.2, 0.25) is 0 Å². The lowest BCUT2D eigenvalue weighted by Gasteiger charge is -2.23. The summed E-state index contributed by atoms with van der Waals surface area (Å²) in [5.41, 5.74) is 2.92. The van der Waals surface area contributed by atoms with Gasteiger partial charge in [-0.05, 0) is 37.0 Å². The molecule has 0 bridgehead atoms. The molecule has 28 heavy (non-hydrogen) atoms. The minimum Gasteiger partial charge on any atom is -0.349 e. The lowest BCUT2D eigenvalue weighted by atomic mass is 9.96. The first-order valence-corrected chi connectivity index (χ1v) is 9.69. The van der Waals surface area contributed by atoms with E-state index < -0.39 is 0 Å². The SMILES string of the molecule is Cc1ccc2c(c1)C(=O)N(CCCC(=O)NC(c1ccccc1)C(C)C)C2=O. The van der Waals surface area contributed by atoms with Gasteiger partial charge in [0.25, 0.3) is 11.8 Å². The third kappa shape index (κ3) is 4.14. The maximum absolute atomic E-state index is 12.5. The second-order valence-corrected chi connectivity index (χ2v) is 7.61. The molecule has 2 aromatic rings. The van der Waals surface area contributed by atoms with Crippen molar-refractivity contribution in [3.63, 3.8) is 0 Å². The monoisotopic (exact) mass is 378 g/mol. The fourth-order valence-corrected chi connectivity index (χ4v) is 3.55. The molecule has 0 fully saturated rings. The summed E-state index contributed by atoms with van der Waals surface area (Å²) < 4.78 is 0. The Hall–Kier alpha value is -2.95. The molecule has 0 aromatic heterocycles. The molecule has 1 N–H and O–H groups in total. The van der Waals surface area contributed by atoms with E-state index in [1.807, 2.05) is 43.3 Å². The summed E-state index contributed by atoms with van der Waals surface area (Å²) in [7, 11) is 0. The Morgan fingerprint density at radius 1 is 1.00 bits per heavy atom. The Morgan fingerprint density at radius 2 is 1.68 bits per heavy atom. The molecule has 146 valence electrons. The fraction of sp³-hybridized carbons (Fsp3) is 0.348. The van der Waals surface area contributed by atoms with Gasteiger partial charge >= 0.3 is 0 Å².